The average Bonchev–Trinajstić information content (AvgIpc) is 3.52. The van der Waals surface area contributed by atoms with Crippen molar-refractivity contribution in [3.8, 4) is 10.8 Å². The number of thiazole rings is 1. The summed E-state index contributed by atoms with van der Waals surface area (Å²) in [5.74, 6) is 1.26. The molecule has 0 radical (unpaired) electrons. The average molecular weight is 438 g/mol. The molecule has 4 heterocycles. The molecule has 7 nitrogen and oxygen atoms in total. The number of benzene rings is 1. The van der Waals surface area contributed by atoms with Gasteiger partial charge in [0.15, 0.2) is 5.82 Å². The monoisotopic (exact) mass is 437 g/mol. The third kappa shape index (κ3) is 4.18. The molecule has 1 aliphatic rings. The summed E-state index contributed by atoms with van der Waals surface area (Å²) >= 11 is 3.17. The van der Waals surface area contributed by atoms with Gasteiger partial charge in [-0.2, -0.15) is 4.98 Å². The third-order valence-electron chi connectivity index (χ3n) is 4.93. The third-order valence-corrected chi connectivity index (χ3v) is 6.79. The zero-order chi connectivity index (χ0) is 20.3. The molecule has 0 saturated carbocycles. The Hall–Kier alpha value is -2.88. The smallest absolute Gasteiger partial charge is 0.268 e. The first-order valence-electron chi connectivity index (χ1n) is 9.66. The molecule has 4 aromatic rings. The summed E-state index contributed by atoms with van der Waals surface area (Å²) in [7, 11) is 0. The number of hydrogen-bond acceptors (Lipinski definition) is 8. The Morgan fingerprint density at radius 1 is 1.10 bits per heavy atom. The highest BCUT2D eigenvalue weighted by Gasteiger charge is 2.21. The van der Waals surface area contributed by atoms with E-state index in [1.165, 1.54) is 0 Å². The molecule has 5 rings (SSSR count). The molecule has 3 aromatic heterocycles. The van der Waals surface area contributed by atoms with Gasteiger partial charge in [0.05, 0.1) is 21.6 Å². The Labute approximate surface area is 181 Å². The minimum atomic E-state index is 0.0217. The van der Waals surface area contributed by atoms with E-state index in [1.54, 1.807) is 28.7 Å². The zero-order valence-corrected chi connectivity index (χ0v) is 17.7. The van der Waals surface area contributed by atoms with Gasteiger partial charge in [-0.3, -0.25) is 9.69 Å². The van der Waals surface area contributed by atoms with Crippen molar-refractivity contribution in [2.45, 2.75) is 6.54 Å². The molecule has 0 unspecified atom stereocenters. The molecule has 0 atom stereocenters. The van der Waals surface area contributed by atoms with E-state index in [0.29, 0.717) is 31.3 Å². The minimum Gasteiger partial charge on any atom is -0.337 e. The van der Waals surface area contributed by atoms with E-state index in [-0.39, 0.29) is 5.91 Å². The predicted molar refractivity (Wildman–Crippen MR) is 118 cm³/mol. The number of hydrogen-bond donors (Lipinski definition) is 0. The van der Waals surface area contributed by atoms with Crippen molar-refractivity contribution in [1.82, 2.24) is 24.9 Å². The van der Waals surface area contributed by atoms with Crippen LogP contribution in [0.25, 0.3) is 27.1 Å². The van der Waals surface area contributed by atoms with Crippen molar-refractivity contribution in [1.29, 1.82) is 0 Å². The molecule has 1 fully saturated rings. The van der Waals surface area contributed by atoms with Gasteiger partial charge >= 0.3 is 0 Å². The van der Waals surface area contributed by atoms with Gasteiger partial charge < -0.3 is 9.42 Å². The molecular weight excluding hydrogens is 418 g/mol. The van der Waals surface area contributed by atoms with Crippen LogP contribution in [-0.2, 0) is 11.3 Å². The molecule has 0 spiro atoms. The standard InChI is InChI=1S/C21H19N5O2S2/c27-20(8-7-19-22-15-4-1-2-5-16(15)30-19)26-11-9-25(10-12-26)14-18-23-21(28-24-18)17-6-3-13-29-17/h1-8,13H,9-12,14H2. The maximum atomic E-state index is 12.5. The van der Waals surface area contributed by atoms with Crippen LogP contribution in [0.5, 0.6) is 0 Å². The Balaban J connectivity index is 1.14. The lowest BCUT2D eigenvalue weighted by atomic mass is 10.3. The number of carbonyl (C=O) groups is 1. The zero-order valence-electron chi connectivity index (χ0n) is 16.1. The molecule has 152 valence electrons. The molecule has 0 aliphatic carbocycles. The van der Waals surface area contributed by atoms with Crippen LogP contribution in [0.4, 0.5) is 0 Å². The number of piperazine rings is 1. The Kier molecular flexibility index (Phi) is 5.39. The topological polar surface area (TPSA) is 75.4 Å². The number of aromatic nitrogens is 3. The Morgan fingerprint density at radius 3 is 2.77 bits per heavy atom. The highest BCUT2D eigenvalue weighted by atomic mass is 32.1. The maximum Gasteiger partial charge on any atom is 0.268 e. The second-order valence-electron chi connectivity index (χ2n) is 6.95. The largest absolute Gasteiger partial charge is 0.337 e. The van der Waals surface area contributed by atoms with Gasteiger partial charge in [-0.25, -0.2) is 4.98 Å². The lowest BCUT2D eigenvalue weighted by Crippen LogP contribution is -2.47. The van der Waals surface area contributed by atoms with Gasteiger partial charge in [-0.15, -0.1) is 22.7 Å². The first-order chi connectivity index (χ1) is 14.7. The van der Waals surface area contributed by atoms with E-state index in [0.717, 1.165) is 33.2 Å². The number of thiophene rings is 1. The molecule has 0 N–H and O–H groups in total. The van der Waals surface area contributed by atoms with Crippen LogP contribution in [0.15, 0.2) is 52.4 Å². The van der Waals surface area contributed by atoms with Crippen LogP contribution in [-0.4, -0.2) is 57.0 Å². The lowest BCUT2D eigenvalue weighted by Gasteiger charge is -2.33. The summed E-state index contributed by atoms with van der Waals surface area (Å²) in [6.07, 6.45) is 3.44. The quantitative estimate of drug-likeness (QED) is 0.443. The predicted octanol–water partition coefficient (Wildman–Crippen LogP) is 3.77. The lowest BCUT2D eigenvalue weighted by molar-refractivity contribution is -0.127. The molecule has 30 heavy (non-hydrogen) atoms. The highest BCUT2D eigenvalue weighted by molar-refractivity contribution is 7.19. The maximum absolute atomic E-state index is 12.5. The second kappa shape index (κ2) is 8.47. The van der Waals surface area contributed by atoms with Gasteiger partial charge in [0.25, 0.3) is 5.89 Å². The van der Waals surface area contributed by atoms with Crippen LogP contribution in [0.3, 0.4) is 0 Å². The fourth-order valence-corrected chi connectivity index (χ4v) is 4.87. The highest BCUT2D eigenvalue weighted by Crippen LogP contribution is 2.23. The summed E-state index contributed by atoms with van der Waals surface area (Å²) in [5.41, 5.74) is 0.965. The van der Waals surface area contributed by atoms with Crippen LogP contribution in [0.1, 0.15) is 10.8 Å². The summed E-state index contributed by atoms with van der Waals surface area (Å²) in [4.78, 5) is 26.6. The number of amides is 1. The van der Waals surface area contributed by atoms with Gasteiger partial charge in [-0.1, -0.05) is 23.4 Å². The summed E-state index contributed by atoms with van der Waals surface area (Å²) in [6, 6.07) is 11.9. The summed E-state index contributed by atoms with van der Waals surface area (Å²) < 4.78 is 6.48. The van der Waals surface area contributed by atoms with Gasteiger partial charge in [-0.05, 0) is 29.7 Å². The number of fused-ring (bicyclic) bond motifs is 1. The van der Waals surface area contributed by atoms with Crippen LogP contribution in [0, 0.1) is 0 Å². The second-order valence-corrected chi connectivity index (χ2v) is 8.96. The number of para-hydroxylation sites is 1. The van der Waals surface area contributed by atoms with E-state index in [4.69, 9.17) is 4.52 Å². The Bertz CT molecular complexity index is 1140. The van der Waals surface area contributed by atoms with E-state index >= 15 is 0 Å². The molecule has 9 heteroatoms. The Morgan fingerprint density at radius 2 is 1.97 bits per heavy atom. The first-order valence-corrected chi connectivity index (χ1v) is 11.4. The van der Waals surface area contributed by atoms with Crippen LogP contribution < -0.4 is 0 Å². The molecule has 1 amide bonds. The van der Waals surface area contributed by atoms with E-state index < -0.39 is 0 Å². The number of nitrogens with zero attached hydrogens (tertiary/aromatic N) is 5. The number of rotatable bonds is 5. The fourth-order valence-electron chi connectivity index (χ4n) is 3.35. The van der Waals surface area contributed by atoms with Crippen molar-refractivity contribution < 1.29 is 9.32 Å². The van der Waals surface area contributed by atoms with Crippen LogP contribution in [0.2, 0.25) is 0 Å². The minimum absolute atomic E-state index is 0.0217. The van der Waals surface area contributed by atoms with Crippen molar-refractivity contribution in [2.24, 2.45) is 0 Å². The molecule has 1 saturated heterocycles. The van der Waals surface area contributed by atoms with Gasteiger partial charge in [0.1, 0.15) is 5.01 Å². The summed E-state index contributed by atoms with van der Waals surface area (Å²) in [5, 5.41) is 6.92. The van der Waals surface area contributed by atoms with E-state index in [9.17, 15) is 4.79 Å². The van der Waals surface area contributed by atoms with Crippen molar-refractivity contribution in [3.05, 3.63) is 58.7 Å². The molecule has 1 aromatic carbocycles. The fraction of sp³-hybridized carbons (Fsp3) is 0.238. The van der Waals surface area contributed by atoms with Crippen molar-refractivity contribution in [3.63, 3.8) is 0 Å². The normalized spacial score (nSPS) is 15.4. The van der Waals surface area contributed by atoms with E-state index in [1.807, 2.05) is 52.8 Å². The van der Waals surface area contributed by atoms with Gasteiger partial charge in [0, 0.05) is 32.3 Å². The SMILES string of the molecule is O=C(C=Cc1nc2ccccc2s1)N1CCN(Cc2noc(-c3cccs3)n2)CC1. The molecular formula is C21H19N5O2S2. The van der Waals surface area contributed by atoms with Crippen LogP contribution >= 0.6 is 22.7 Å². The molecule has 1 aliphatic heterocycles. The van der Waals surface area contributed by atoms with Crippen molar-refractivity contribution >= 4 is 44.9 Å². The molecule has 0 bridgehead atoms. The first kappa shape index (κ1) is 19.1. The van der Waals surface area contributed by atoms with Crippen molar-refractivity contribution in [2.75, 3.05) is 26.2 Å². The number of carbonyl (C=O) groups excluding carboxylic acids is 1. The van der Waals surface area contributed by atoms with E-state index in [2.05, 4.69) is 20.0 Å². The van der Waals surface area contributed by atoms with Gasteiger partial charge in [0.2, 0.25) is 5.91 Å². The summed E-state index contributed by atoms with van der Waals surface area (Å²) in [6.45, 7) is 3.54.